The summed E-state index contributed by atoms with van der Waals surface area (Å²) in [6, 6.07) is 0. The maximum Gasteiger partial charge on any atom is 0.303 e. The summed E-state index contributed by atoms with van der Waals surface area (Å²) in [5.74, 6) is 0.0795. The molecule has 0 heterocycles. The predicted molar refractivity (Wildman–Crippen MR) is 120 cm³/mol. The zero-order chi connectivity index (χ0) is 22.2. The molecule has 1 rings (SSSR count). The molecule has 5 heteroatoms. The van der Waals surface area contributed by atoms with E-state index in [9.17, 15) is 14.7 Å². The largest absolute Gasteiger partial charge is 0.481 e. The van der Waals surface area contributed by atoms with Crippen LogP contribution in [0.5, 0.6) is 0 Å². The van der Waals surface area contributed by atoms with Crippen molar-refractivity contribution >= 4 is 11.8 Å². The van der Waals surface area contributed by atoms with Crippen molar-refractivity contribution in [3.05, 3.63) is 0 Å². The third kappa shape index (κ3) is 11.5. The van der Waals surface area contributed by atoms with Gasteiger partial charge in [-0.05, 0) is 44.4 Å². The monoisotopic (exact) mass is 426 g/mol. The Labute approximate surface area is 184 Å². The smallest absolute Gasteiger partial charge is 0.303 e. The van der Waals surface area contributed by atoms with Gasteiger partial charge in [0.1, 0.15) is 5.78 Å². The van der Waals surface area contributed by atoms with E-state index in [0.29, 0.717) is 31.1 Å². The second kappa shape index (κ2) is 16.7. The molecule has 0 aliphatic heterocycles. The molecule has 30 heavy (non-hydrogen) atoms. The first-order valence-electron chi connectivity index (χ1n) is 12.5. The summed E-state index contributed by atoms with van der Waals surface area (Å²) >= 11 is 0. The van der Waals surface area contributed by atoms with Gasteiger partial charge in [-0.3, -0.25) is 9.59 Å². The summed E-state index contributed by atoms with van der Waals surface area (Å²) in [6.45, 7) is 4.80. The number of carbonyl (C=O) groups is 2. The molecule has 0 amide bonds. The summed E-state index contributed by atoms with van der Waals surface area (Å²) in [6.07, 6.45) is 14.5. The van der Waals surface area contributed by atoms with Gasteiger partial charge in [-0.2, -0.15) is 0 Å². The van der Waals surface area contributed by atoms with Gasteiger partial charge in [0, 0.05) is 31.3 Å². The summed E-state index contributed by atoms with van der Waals surface area (Å²) in [7, 11) is 0. The summed E-state index contributed by atoms with van der Waals surface area (Å²) in [5, 5.41) is 19.4. The van der Waals surface area contributed by atoms with Crippen LogP contribution in [0.15, 0.2) is 0 Å². The zero-order valence-corrected chi connectivity index (χ0v) is 19.4. The first-order chi connectivity index (χ1) is 14.5. The zero-order valence-electron chi connectivity index (χ0n) is 19.4. The fourth-order valence-electron chi connectivity index (χ4n) is 4.73. The van der Waals surface area contributed by atoms with Gasteiger partial charge in [-0.1, -0.05) is 65.2 Å². The topological polar surface area (TPSA) is 83.8 Å². The van der Waals surface area contributed by atoms with Gasteiger partial charge in [0.2, 0.25) is 0 Å². The Morgan fingerprint density at radius 3 is 2.40 bits per heavy atom. The highest BCUT2D eigenvalue weighted by Crippen LogP contribution is 2.37. The molecule has 0 bridgehead atoms. The quantitative estimate of drug-likeness (QED) is 0.192. The van der Waals surface area contributed by atoms with E-state index in [-0.39, 0.29) is 18.3 Å². The molecule has 0 saturated heterocycles. The average Bonchev–Trinajstić information content (AvgIpc) is 3.06. The molecular formula is C25H46O5. The second-order valence-corrected chi connectivity index (χ2v) is 9.17. The number of carboxylic acid groups (broad SMARTS) is 1. The Kier molecular flexibility index (Phi) is 15.1. The van der Waals surface area contributed by atoms with Crippen LogP contribution >= 0.6 is 0 Å². The van der Waals surface area contributed by atoms with Gasteiger partial charge in [-0.15, -0.1) is 0 Å². The number of ether oxygens (including phenoxy) is 1. The van der Waals surface area contributed by atoms with E-state index in [1.54, 1.807) is 0 Å². The first kappa shape index (κ1) is 27.1. The lowest BCUT2D eigenvalue weighted by Crippen LogP contribution is -2.25. The van der Waals surface area contributed by atoms with E-state index >= 15 is 0 Å². The predicted octanol–water partition coefficient (Wildman–Crippen LogP) is 6.12. The third-order valence-electron chi connectivity index (χ3n) is 6.68. The number of aliphatic hydroxyl groups excluding tert-OH is 1. The van der Waals surface area contributed by atoms with Gasteiger partial charge in [0.25, 0.3) is 0 Å². The van der Waals surface area contributed by atoms with Crippen LogP contribution in [0.25, 0.3) is 0 Å². The molecule has 2 N–H and O–H groups in total. The molecule has 2 unspecified atom stereocenters. The van der Waals surface area contributed by atoms with E-state index < -0.39 is 12.3 Å². The van der Waals surface area contributed by atoms with E-state index in [0.717, 1.165) is 44.9 Å². The minimum atomic E-state index is -0.908. The van der Waals surface area contributed by atoms with Gasteiger partial charge in [0.05, 0.1) is 0 Å². The molecule has 5 nitrogen and oxygen atoms in total. The molecule has 1 aliphatic carbocycles. The van der Waals surface area contributed by atoms with Crippen LogP contribution in [0.1, 0.15) is 117 Å². The number of aliphatic hydroxyl groups is 1. The lowest BCUT2D eigenvalue weighted by Gasteiger charge is -2.24. The molecule has 1 fully saturated rings. The van der Waals surface area contributed by atoms with Crippen molar-refractivity contribution in [1.82, 2.24) is 0 Å². The molecule has 176 valence electrons. The van der Waals surface area contributed by atoms with Crippen molar-refractivity contribution in [2.24, 2.45) is 17.8 Å². The van der Waals surface area contributed by atoms with Gasteiger partial charge in [0.15, 0.2) is 6.29 Å². The third-order valence-corrected chi connectivity index (χ3v) is 6.68. The summed E-state index contributed by atoms with van der Waals surface area (Å²) in [4.78, 5) is 23.4. The van der Waals surface area contributed by atoms with Crippen LogP contribution < -0.4 is 0 Å². The highest BCUT2D eigenvalue weighted by molar-refractivity contribution is 5.83. The first-order valence-corrected chi connectivity index (χ1v) is 12.5. The Morgan fingerprint density at radius 1 is 1.00 bits per heavy atom. The number of hydrogen-bond acceptors (Lipinski definition) is 4. The van der Waals surface area contributed by atoms with Crippen LogP contribution in [0, 0.1) is 17.8 Å². The van der Waals surface area contributed by atoms with Crippen LogP contribution in [-0.2, 0) is 14.3 Å². The Balaban J connectivity index is 2.41. The molecule has 0 radical (unpaired) electrons. The van der Waals surface area contributed by atoms with Crippen molar-refractivity contribution in [2.75, 3.05) is 6.61 Å². The molecule has 0 aromatic rings. The van der Waals surface area contributed by atoms with Crippen molar-refractivity contribution in [1.29, 1.82) is 0 Å². The molecule has 1 aliphatic rings. The fourth-order valence-corrected chi connectivity index (χ4v) is 4.73. The second-order valence-electron chi connectivity index (χ2n) is 9.17. The Morgan fingerprint density at radius 2 is 1.70 bits per heavy atom. The molecule has 0 aromatic heterocycles. The van der Waals surface area contributed by atoms with E-state index in [1.807, 2.05) is 0 Å². The Bertz CT molecular complexity index is 464. The number of unbranched alkanes of at least 4 members (excludes halogenated alkanes) is 6. The number of hydrogen-bond donors (Lipinski definition) is 2. The van der Waals surface area contributed by atoms with E-state index in [1.165, 1.54) is 38.5 Å². The molecule has 1 saturated carbocycles. The number of rotatable bonds is 19. The maximum atomic E-state index is 12.4. The molecule has 0 aromatic carbocycles. The highest BCUT2D eigenvalue weighted by Gasteiger charge is 2.33. The molecule has 0 spiro atoms. The van der Waals surface area contributed by atoms with Crippen molar-refractivity contribution in [3.8, 4) is 0 Å². The SMILES string of the molecule is CCCCCCCC[C@H]1CCC(=O)[C@@H]1CCCC(CCC(=O)O)C(O)OCCCC. The number of ketones is 1. The van der Waals surface area contributed by atoms with Crippen LogP contribution in [0.2, 0.25) is 0 Å². The van der Waals surface area contributed by atoms with Crippen molar-refractivity contribution in [2.45, 2.75) is 123 Å². The minimum absolute atomic E-state index is 0.0435. The molecular weight excluding hydrogens is 380 g/mol. The van der Waals surface area contributed by atoms with Crippen molar-refractivity contribution in [3.63, 3.8) is 0 Å². The van der Waals surface area contributed by atoms with Gasteiger partial charge >= 0.3 is 5.97 Å². The van der Waals surface area contributed by atoms with E-state index in [2.05, 4.69) is 13.8 Å². The summed E-state index contributed by atoms with van der Waals surface area (Å²) in [5.41, 5.74) is 0. The van der Waals surface area contributed by atoms with Gasteiger partial charge in [-0.25, -0.2) is 0 Å². The van der Waals surface area contributed by atoms with Crippen LogP contribution in [-0.4, -0.2) is 34.9 Å². The molecule has 4 atom stereocenters. The van der Waals surface area contributed by atoms with Crippen LogP contribution in [0.3, 0.4) is 0 Å². The Hall–Kier alpha value is -0.940. The lowest BCUT2D eigenvalue weighted by atomic mass is 9.85. The standard InChI is InChI=1S/C25H46O5/c1-3-5-7-8-9-10-12-20-15-17-23(26)22(20)14-11-13-21(16-18-24(27)28)25(29)30-19-6-4-2/h20-22,25,29H,3-19H2,1-2H3,(H,27,28)/t20-,21?,22+,25?/m0/s1. The van der Waals surface area contributed by atoms with Crippen molar-refractivity contribution < 1.29 is 24.5 Å². The van der Waals surface area contributed by atoms with Crippen LogP contribution in [0.4, 0.5) is 0 Å². The maximum absolute atomic E-state index is 12.4. The lowest BCUT2D eigenvalue weighted by molar-refractivity contribution is -0.145. The van der Waals surface area contributed by atoms with E-state index in [4.69, 9.17) is 9.84 Å². The number of aliphatic carboxylic acids is 1. The number of carboxylic acids is 1. The number of Topliss-reactive ketones (excluding diaryl/α,β-unsaturated/α-hetero) is 1. The normalized spacial score (nSPS) is 21.1. The van der Waals surface area contributed by atoms with Gasteiger partial charge < -0.3 is 14.9 Å². The fraction of sp³-hybridized carbons (Fsp3) is 0.920. The average molecular weight is 427 g/mol. The number of carbonyl (C=O) groups excluding carboxylic acids is 1. The highest BCUT2D eigenvalue weighted by atomic mass is 16.6. The minimum Gasteiger partial charge on any atom is -0.481 e. The summed E-state index contributed by atoms with van der Waals surface area (Å²) < 4.78 is 5.53.